The minimum atomic E-state index is -0.761. The Morgan fingerprint density at radius 1 is 0.881 bits per heavy atom. The van der Waals surface area contributed by atoms with Crippen LogP contribution in [-0.2, 0) is 20.9 Å². The van der Waals surface area contributed by atoms with Gasteiger partial charge in [0.25, 0.3) is 5.91 Å². The molecule has 4 aromatic carbocycles. The molecule has 0 spiro atoms. The molecule has 3 saturated heterocycles. The highest BCUT2D eigenvalue weighted by Crippen LogP contribution is 2.34. The Morgan fingerprint density at radius 3 is 2.41 bits per heavy atom. The maximum Gasteiger partial charge on any atom is 0.307 e. The Morgan fingerprint density at radius 2 is 1.66 bits per heavy atom. The van der Waals surface area contributed by atoms with E-state index >= 15 is 0 Å². The Bertz CT molecular complexity index is 2220. The van der Waals surface area contributed by atoms with Crippen LogP contribution in [-0.4, -0.2) is 89.4 Å². The number of aliphatic hydroxyl groups excluding tert-OH is 1. The molecular weight excluding hydrogens is 747 g/mol. The molecule has 0 radical (unpaired) electrons. The number of ether oxygens (including phenoxy) is 3. The zero-order chi connectivity index (χ0) is 41.1. The van der Waals surface area contributed by atoms with E-state index in [1.54, 1.807) is 24.1 Å². The summed E-state index contributed by atoms with van der Waals surface area (Å²) in [7, 11) is 1.62. The number of pyridine rings is 1. The quantitative estimate of drug-likeness (QED) is 0.0577. The minimum absolute atomic E-state index is 0.0279. The molecule has 8 rings (SSSR count). The average Bonchev–Trinajstić information content (AvgIpc) is 3.26. The summed E-state index contributed by atoms with van der Waals surface area (Å²) in [6, 6.07) is 31.6. The fourth-order valence-corrected chi connectivity index (χ4v) is 8.49. The summed E-state index contributed by atoms with van der Waals surface area (Å²) in [5.74, 6) is 0.690. The third kappa shape index (κ3) is 10.8. The number of methoxy groups -OCH3 is 1. The number of amides is 1. The van der Waals surface area contributed by atoms with E-state index in [-0.39, 0.29) is 41.6 Å². The topological polar surface area (TPSA) is 142 Å². The molecule has 2 bridgehead atoms. The van der Waals surface area contributed by atoms with Crippen LogP contribution in [0.1, 0.15) is 89.6 Å². The highest BCUT2D eigenvalue weighted by molar-refractivity contribution is 5.94. The van der Waals surface area contributed by atoms with Crippen molar-refractivity contribution in [2.75, 3.05) is 46.4 Å². The van der Waals surface area contributed by atoms with E-state index in [2.05, 4.69) is 22.0 Å². The number of nitrogens with one attached hydrogen (secondary N) is 1. The van der Waals surface area contributed by atoms with Gasteiger partial charge in [0.15, 0.2) is 0 Å². The minimum Gasteiger partial charge on any atom is -0.506 e. The molecule has 3 fully saturated rings. The SMILES string of the molecule is COCCN(CCCCC[C@H](O)c1ccc(O)c2[nH]c(=O)ccc12)C(=O)c1ccc(COc2cccc([C@@H](CC(=O)O[C@H]3CN4CCC3CC4)c3ccccc3)c2)cc1. The number of nitrogens with zero attached hydrogens (tertiary/aromatic N) is 2. The number of phenolic OH excluding ortho intramolecular Hbond substituents is 1. The van der Waals surface area contributed by atoms with Crippen molar-refractivity contribution < 1.29 is 34.0 Å². The summed E-state index contributed by atoms with van der Waals surface area (Å²) in [4.78, 5) is 45.6. The van der Waals surface area contributed by atoms with Gasteiger partial charge in [0, 0.05) is 49.7 Å². The molecule has 3 aliphatic rings. The molecule has 0 unspecified atom stereocenters. The zero-order valence-corrected chi connectivity index (χ0v) is 33.8. The van der Waals surface area contributed by atoms with Gasteiger partial charge in [-0.15, -0.1) is 0 Å². The van der Waals surface area contributed by atoms with Gasteiger partial charge in [-0.25, -0.2) is 0 Å². The molecule has 4 heterocycles. The van der Waals surface area contributed by atoms with E-state index in [1.165, 1.54) is 12.1 Å². The van der Waals surface area contributed by atoms with Crippen LogP contribution in [0, 0.1) is 5.92 Å². The molecular formula is C48H55N3O8. The van der Waals surface area contributed by atoms with E-state index in [0.29, 0.717) is 66.4 Å². The van der Waals surface area contributed by atoms with Crippen LogP contribution in [0.2, 0.25) is 0 Å². The Balaban J connectivity index is 0.914. The monoisotopic (exact) mass is 801 g/mol. The first-order valence-electron chi connectivity index (χ1n) is 20.9. The number of H-pyrrole nitrogens is 1. The van der Waals surface area contributed by atoms with E-state index in [9.17, 15) is 24.6 Å². The smallest absolute Gasteiger partial charge is 0.307 e. The van der Waals surface area contributed by atoms with E-state index in [1.807, 2.05) is 66.7 Å². The lowest BCUT2D eigenvalue weighted by molar-refractivity contribution is -0.159. The molecule has 1 aromatic heterocycles. The number of phenols is 1. The van der Waals surface area contributed by atoms with Gasteiger partial charge in [-0.1, -0.05) is 73.5 Å². The maximum absolute atomic E-state index is 13.6. The molecule has 310 valence electrons. The molecule has 3 N–H and O–H groups in total. The first-order valence-corrected chi connectivity index (χ1v) is 20.9. The maximum atomic E-state index is 13.6. The largest absolute Gasteiger partial charge is 0.506 e. The van der Waals surface area contributed by atoms with Crippen molar-refractivity contribution in [2.24, 2.45) is 5.92 Å². The third-order valence-corrected chi connectivity index (χ3v) is 11.8. The normalized spacial score (nSPS) is 18.3. The average molecular weight is 802 g/mol. The summed E-state index contributed by atoms with van der Waals surface area (Å²) in [5, 5.41) is 21.7. The number of hydrogen-bond donors (Lipinski definition) is 3. The number of unbranched alkanes of at least 4 members (excludes halogenated alkanes) is 2. The summed E-state index contributed by atoms with van der Waals surface area (Å²) < 4.78 is 17.7. The third-order valence-electron chi connectivity index (χ3n) is 11.8. The number of rotatable bonds is 19. The Kier molecular flexibility index (Phi) is 14.1. The first-order chi connectivity index (χ1) is 28.7. The second kappa shape index (κ2) is 20.0. The number of fused-ring (bicyclic) bond motifs is 4. The van der Waals surface area contributed by atoms with E-state index < -0.39 is 6.10 Å². The highest BCUT2D eigenvalue weighted by atomic mass is 16.5. The van der Waals surface area contributed by atoms with Gasteiger partial charge in [0.2, 0.25) is 5.56 Å². The highest BCUT2D eigenvalue weighted by Gasteiger charge is 2.37. The first kappa shape index (κ1) is 41.7. The van der Waals surface area contributed by atoms with E-state index in [4.69, 9.17) is 14.2 Å². The van der Waals surface area contributed by atoms with Crippen LogP contribution in [0.25, 0.3) is 10.9 Å². The summed E-state index contributed by atoms with van der Waals surface area (Å²) >= 11 is 0. The molecule has 11 nitrogen and oxygen atoms in total. The molecule has 3 aliphatic heterocycles. The number of benzene rings is 4. The number of carbonyl (C=O) groups is 2. The van der Waals surface area contributed by atoms with Gasteiger partial charge in [0.05, 0.1) is 24.6 Å². The lowest BCUT2D eigenvalue weighted by Gasteiger charge is -2.44. The van der Waals surface area contributed by atoms with Crippen molar-refractivity contribution in [3.63, 3.8) is 0 Å². The van der Waals surface area contributed by atoms with E-state index in [0.717, 1.165) is 68.4 Å². The van der Waals surface area contributed by atoms with Crippen LogP contribution in [0.15, 0.2) is 108 Å². The number of aromatic amines is 1. The van der Waals surface area contributed by atoms with Gasteiger partial charge in [-0.3, -0.25) is 19.3 Å². The van der Waals surface area contributed by atoms with Crippen molar-refractivity contribution in [1.82, 2.24) is 14.8 Å². The number of piperidine rings is 3. The molecule has 3 atom stereocenters. The molecule has 0 aliphatic carbocycles. The number of hydrogen-bond acceptors (Lipinski definition) is 9. The van der Waals surface area contributed by atoms with Gasteiger partial charge in [-0.05, 0) is 103 Å². The van der Waals surface area contributed by atoms with Crippen molar-refractivity contribution in [3.8, 4) is 11.5 Å². The van der Waals surface area contributed by atoms with Crippen molar-refractivity contribution in [2.45, 2.75) is 69.7 Å². The Labute approximate surface area is 345 Å². The van der Waals surface area contributed by atoms with Crippen molar-refractivity contribution >= 4 is 22.8 Å². The second-order valence-corrected chi connectivity index (χ2v) is 15.8. The van der Waals surface area contributed by atoms with Crippen LogP contribution >= 0.6 is 0 Å². The summed E-state index contributed by atoms with van der Waals surface area (Å²) in [5.41, 5.74) is 4.18. The standard InChI is InChI=1S/C48H55N3O8/c1-57-28-27-51(24-7-3-6-13-42(52)39-18-20-43(53)47-40(39)19-21-45(54)49-47)48(56)36-16-14-33(15-17-36)32-58-38-12-8-11-37(29-38)41(34-9-4-2-5-10-34)30-46(55)59-44-31-50-25-22-35(44)23-26-50/h2,4-5,8-12,14-21,29,35,41-42,44,52-53H,3,6-7,13,22-28,30-32H2,1H3,(H,49,54)/t41-,42-,44-/m0/s1. The number of carbonyl (C=O) groups excluding carboxylic acids is 2. The van der Waals surface area contributed by atoms with Gasteiger partial charge < -0.3 is 34.3 Å². The predicted octanol–water partition coefficient (Wildman–Crippen LogP) is 7.35. The summed E-state index contributed by atoms with van der Waals surface area (Å²) in [6.07, 6.45) is 4.43. The number of esters is 1. The fourth-order valence-electron chi connectivity index (χ4n) is 8.49. The molecule has 11 heteroatoms. The fraction of sp³-hybridized carbons (Fsp3) is 0.396. The van der Waals surface area contributed by atoms with Crippen molar-refractivity contribution in [1.29, 1.82) is 0 Å². The van der Waals surface area contributed by atoms with Gasteiger partial charge >= 0.3 is 5.97 Å². The molecule has 0 saturated carbocycles. The molecule has 1 amide bonds. The number of aromatic hydroxyl groups is 1. The van der Waals surface area contributed by atoms with Gasteiger partial charge in [0.1, 0.15) is 24.2 Å². The molecule has 5 aromatic rings. The molecule has 59 heavy (non-hydrogen) atoms. The number of aliphatic hydroxyl groups is 1. The lowest BCUT2D eigenvalue weighted by atomic mass is 9.85. The van der Waals surface area contributed by atoms with Gasteiger partial charge in [-0.2, -0.15) is 0 Å². The zero-order valence-electron chi connectivity index (χ0n) is 33.8. The van der Waals surface area contributed by atoms with Crippen LogP contribution in [0.3, 0.4) is 0 Å². The number of aromatic nitrogens is 1. The summed E-state index contributed by atoms with van der Waals surface area (Å²) in [6.45, 7) is 4.76. The Hall–Kier alpha value is -5.49. The van der Waals surface area contributed by atoms with Crippen LogP contribution < -0.4 is 10.3 Å². The predicted molar refractivity (Wildman–Crippen MR) is 227 cm³/mol. The van der Waals surface area contributed by atoms with Crippen LogP contribution in [0.5, 0.6) is 11.5 Å². The van der Waals surface area contributed by atoms with Crippen molar-refractivity contribution in [3.05, 3.63) is 141 Å². The lowest BCUT2D eigenvalue weighted by Crippen LogP contribution is -2.52. The van der Waals surface area contributed by atoms with Crippen LogP contribution in [0.4, 0.5) is 0 Å². The second-order valence-electron chi connectivity index (χ2n) is 15.8.